The summed E-state index contributed by atoms with van der Waals surface area (Å²) in [5, 5.41) is 14.2. The van der Waals surface area contributed by atoms with E-state index >= 15 is 0 Å². The third kappa shape index (κ3) is 5.90. The zero-order valence-electron chi connectivity index (χ0n) is 19.5. The number of aromatic nitrogens is 3. The third-order valence-corrected chi connectivity index (χ3v) is 6.48. The van der Waals surface area contributed by atoms with Crippen molar-refractivity contribution in [3.8, 4) is 22.8 Å². The SMILES string of the molecule is COc1ccc(-n2c(SCC(=O)N/N=C(/C)c3ccccc3Cl)nnc2-c2ccc(C)cc2)cc1. The van der Waals surface area contributed by atoms with Crippen molar-refractivity contribution in [2.45, 2.75) is 19.0 Å². The summed E-state index contributed by atoms with van der Waals surface area (Å²) in [4.78, 5) is 12.5. The van der Waals surface area contributed by atoms with E-state index < -0.39 is 0 Å². The molecule has 0 radical (unpaired) electrons. The molecule has 4 aromatic rings. The van der Waals surface area contributed by atoms with Crippen LogP contribution in [0.3, 0.4) is 0 Å². The number of amides is 1. The molecule has 35 heavy (non-hydrogen) atoms. The summed E-state index contributed by atoms with van der Waals surface area (Å²) in [6, 6.07) is 23.0. The lowest BCUT2D eigenvalue weighted by Gasteiger charge is -2.11. The van der Waals surface area contributed by atoms with E-state index in [1.165, 1.54) is 11.8 Å². The molecule has 0 saturated heterocycles. The first kappa shape index (κ1) is 24.5. The number of methoxy groups -OCH3 is 1. The van der Waals surface area contributed by atoms with Crippen LogP contribution in [0.5, 0.6) is 5.75 Å². The summed E-state index contributed by atoms with van der Waals surface area (Å²) in [7, 11) is 1.63. The minimum atomic E-state index is -0.262. The molecule has 1 N–H and O–H groups in total. The van der Waals surface area contributed by atoms with E-state index in [9.17, 15) is 4.79 Å². The molecule has 0 fully saturated rings. The second-order valence-electron chi connectivity index (χ2n) is 7.71. The first-order chi connectivity index (χ1) is 17.0. The smallest absolute Gasteiger partial charge is 0.250 e. The van der Waals surface area contributed by atoms with Crippen molar-refractivity contribution in [1.82, 2.24) is 20.2 Å². The van der Waals surface area contributed by atoms with E-state index in [0.717, 1.165) is 28.1 Å². The van der Waals surface area contributed by atoms with Gasteiger partial charge >= 0.3 is 0 Å². The van der Waals surface area contributed by atoms with Crippen molar-refractivity contribution in [2.75, 3.05) is 12.9 Å². The number of hydrogen-bond donors (Lipinski definition) is 1. The number of rotatable bonds is 8. The molecule has 0 atom stereocenters. The molecule has 7 nitrogen and oxygen atoms in total. The Hall–Kier alpha value is -3.62. The summed E-state index contributed by atoms with van der Waals surface area (Å²) in [6.45, 7) is 3.83. The largest absolute Gasteiger partial charge is 0.497 e. The van der Waals surface area contributed by atoms with Crippen molar-refractivity contribution in [3.05, 3.63) is 88.9 Å². The number of nitrogens with zero attached hydrogens (tertiary/aromatic N) is 4. The monoisotopic (exact) mass is 505 g/mol. The van der Waals surface area contributed by atoms with Crippen LogP contribution in [0.4, 0.5) is 0 Å². The Labute approximate surface area is 213 Å². The van der Waals surface area contributed by atoms with Gasteiger partial charge in [0.1, 0.15) is 5.75 Å². The second-order valence-corrected chi connectivity index (χ2v) is 9.06. The van der Waals surface area contributed by atoms with Crippen molar-refractivity contribution < 1.29 is 9.53 Å². The maximum Gasteiger partial charge on any atom is 0.250 e. The molecule has 0 aliphatic rings. The molecule has 0 bridgehead atoms. The molecule has 3 aromatic carbocycles. The van der Waals surface area contributed by atoms with E-state index in [4.69, 9.17) is 16.3 Å². The predicted octanol–water partition coefficient (Wildman–Crippen LogP) is 5.54. The molecule has 0 aliphatic carbocycles. The molecule has 1 amide bonds. The maximum absolute atomic E-state index is 12.5. The average Bonchev–Trinajstić information content (AvgIpc) is 3.30. The lowest BCUT2D eigenvalue weighted by Crippen LogP contribution is -2.21. The van der Waals surface area contributed by atoms with Gasteiger partial charge in [0.2, 0.25) is 0 Å². The molecular formula is C26H24ClN5O2S. The average molecular weight is 506 g/mol. The van der Waals surface area contributed by atoms with Gasteiger partial charge in [-0.05, 0) is 44.2 Å². The number of ether oxygens (including phenoxy) is 1. The van der Waals surface area contributed by atoms with E-state index in [1.54, 1.807) is 20.1 Å². The van der Waals surface area contributed by atoms with Crippen LogP contribution in [0.15, 0.2) is 83.1 Å². The van der Waals surface area contributed by atoms with Crippen LogP contribution in [-0.4, -0.2) is 39.2 Å². The number of aryl methyl sites for hydroxylation is 1. The number of thioether (sulfide) groups is 1. The minimum Gasteiger partial charge on any atom is -0.497 e. The molecule has 0 aliphatic heterocycles. The number of halogens is 1. The Balaban J connectivity index is 1.55. The van der Waals surface area contributed by atoms with E-state index in [1.807, 2.05) is 78.2 Å². The molecule has 0 spiro atoms. The Kier molecular flexibility index (Phi) is 7.84. The van der Waals surface area contributed by atoms with Crippen molar-refractivity contribution in [1.29, 1.82) is 0 Å². The lowest BCUT2D eigenvalue weighted by atomic mass is 10.1. The molecule has 1 aromatic heterocycles. The highest BCUT2D eigenvalue weighted by Crippen LogP contribution is 2.29. The van der Waals surface area contributed by atoms with Gasteiger partial charge in [0.15, 0.2) is 11.0 Å². The van der Waals surface area contributed by atoms with Crippen LogP contribution < -0.4 is 10.2 Å². The summed E-state index contributed by atoms with van der Waals surface area (Å²) in [5.41, 5.74) is 6.93. The molecule has 178 valence electrons. The minimum absolute atomic E-state index is 0.113. The number of carbonyl (C=O) groups excluding carboxylic acids is 1. The second kappa shape index (κ2) is 11.2. The zero-order valence-corrected chi connectivity index (χ0v) is 21.1. The Morgan fingerprint density at radius 3 is 2.46 bits per heavy atom. The van der Waals surface area contributed by atoms with Gasteiger partial charge in [-0.3, -0.25) is 9.36 Å². The van der Waals surface area contributed by atoms with Gasteiger partial charge in [-0.1, -0.05) is 71.4 Å². The molecule has 9 heteroatoms. The van der Waals surface area contributed by atoms with Crippen LogP contribution in [0.25, 0.3) is 17.1 Å². The lowest BCUT2D eigenvalue weighted by molar-refractivity contribution is -0.118. The fourth-order valence-corrected chi connectivity index (χ4v) is 4.36. The van der Waals surface area contributed by atoms with Crippen LogP contribution in [0.2, 0.25) is 5.02 Å². The van der Waals surface area contributed by atoms with Gasteiger partial charge in [0.05, 0.1) is 18.6 Å². The highest BCUT2D eigenvalue weighted by atomic mass is 35.5. The summed E-state index contributed by atoms with van der Waals surface area (Å²) >= 11 is 7.49. The number of benzene rings is 3. The van der Waals surface area contributed by atoms with Gasteiger partial charge in [-0.25, -0.2) is 5.43 Å². The zero-order chi connectivity index (χ0) is 24.8. The first-order valence-corrected chi connectivity index (χ1v) is 12.2. The van der Waals surface area contributed by atoms with Gasteiger partial charge in [-0.15, -0.1) is 10.2 Å². The summed E-state index contributed by atoms with van der Waals surface area (Å²) < 4.78 is 7.22. The summed E-state index contributed by atoms with van der Waals surface area (Å²) in [5.74, 6) is 1.29. The fraction of sp³-hybridized carbons (Fsp3) is 0.154. The first-order valence-electron chi connectivity index (χ1n) is 10.8. The molecule has 0 saturated carbocycles. The van der Waals surface area contributed by atoms with Crippen molar-refractivity contribution in [2.24, 2.45) is 5.10 Å². The highest BCUT2D eigenvalue weighted by molar-refractivity contribution is 7.99. The van der Waals surface area contributed by atoms with Gasteiger partial charge in [-0.2, -0.15) is 5.10 Å². The van der Waals surface area contributed by atoms with E-state index in [2.05, 4.69) is 20.7 Å². The van der Waals surface area contributed by atoms with Gasteiger partial charge in [0.25, 0.3) is 5.91 Å². The topological polar surface area (TPSA) is 81.4 Å². The van der Waals surface area contributed by atoms with Crippen LogP contribution >= 0.6 is 23.4 Å². The quantitative estimate of drug-likeness (QED) is 0.193. The van der Waals surface area contributed by atoms with Gasteiger partial charge in [0, 0.05) is 21.8 Å². The normalized spacial score (nSPS) is 11.4. The molecular weight excluding hydrogens is 482 g/mol. The molecule has 4 rings (SSSR count). The number of carbonyl (C=O) groups is 1. The number of hydrazone groups is 1. The van der Waals surface area contributed by atoms with Crippen molar-refractivity contribution >= 4 is 35.0 Å². The van der Waals surface area contributed by atoms with Crippen molar-refractivity contribution in [3.63, 3.8) is 0 Å². The molecule has 1 heterocycles. The predicted molar refractivity (Wildman–Crippen MR) is 141 cm³/mol. The fourth-order valence-electron chi connectivity index (χ4n) is 3.34. The Morgan fingerprint density at radius 2 is 1.77 bits per heavy atom. The molecule has 0 unspecified atom stereocenters. The van der Waals surface area contributed by atoms with Crippen LogP contribution in [-0.2, 0) is 4.79 Å². The van der Waals surface area contributed by atoms with Crippen LogP contribution in [0, 0.1) is 6.92 Å². The highest BCUT2D eigenvalue weighted by Gasteiger charge is 2.17. The van der Waals surface area contributed by atoms with Crippen LogP contribution in [0.1, 0.15) is 18.1 Å². The summed E-state index contributed by atoms with van der Waals surface area (Å²) in [6.07, 6.45) is 0. The third-order valence-electron chi connectivity index (χ3n) is 5.22. The Morgan fingerprint density at radius 1 is 1.06 bits per heavy atom. The standard InChI is InChI=1S/C26H24ClN5O2S/c1-17-8-10-19(11-9-17)25-30-31-26(32(25)20-12-14-21(34-3)15-13-20)35-16-24(33)29-28-18(2)22-6-4-5-7-23(22)27/h4-15H,16H2,1-3H3,(H,29,33)/b28-18-. The van der Waals surface area contributed by atoms with E-state index in [-0.39, 0.29) is 11.7 Å². The Bertz CT molecular complexity index is 1350. The number of nitrogens with one attached hydrogen (secondary N) is 1. The van der Waals surface area contributed by atoms with Gasteiger partial charge < -0.3 is 4.74 Å². The maximum atomic E-state index is 12.5. The van der Waals surface area contributed by atoms with E-state index in [0.29, 0.717) is 21.7 Å². The number of hydrogen-bond acceptors (Lipinski definition) is 6.